The second-order valence-electron chi connectivity index (χ2n) is 6.59. The molecule has 1 saturated carbocycles. The third-order valence-electron chi connectivity index (χ3n) is 4.23. The molecule has 0 saturated heterocycles. The van der Waals surface area contributed by atoms with Gasteiger partial charge in [0.25, 0.3) is 0 Å². The summed E-state index contributed by atoms with van der Waals surface area (Å²) in [5.74, 6) is 0.285. The van der Waals surface area contributed by atoms with Crippen molar-refractivity contribution in [2.75, 3.05) is 0 Å². The van der Waals surface area contributed by atoms with Crippen molar-refractivity contribution in [2.24, 2.45) is 5.41 Å². The third-order valence-corrected chi connectivity index (χ3v) is 4.23. The van der Waals surface area contributed by atoms with Crippen molar-refractivity contribution in [1.29, 1.82) is 0 Å². The van der Waals surface area contributed by atoms with Crippen molar-refractivity contribution >= 4 is 0 Å². The summed E-state index contributed by atoms with van der Waals surface area (Å²) in [7, 11) is 0. The highest BCUT2D eigenvalue weighted by molar-refractivity contribution is 5.27. The van der Waals surface area contributed by atoms with Gasteiger partial charge in [-0.1, -0.05) is 32.4 Å². The van der Waals surface area contributed by atoms with E-state index in [1.54, 1.807) is 12.1 Å². The average molecular weight is 248 g/mol. The van der Waals surface area contributed by atoms with E-state index in [1.807, 2.05) is 12.1 Å². The molecule has 1 aliphatic carbocycles. The summed E-state index contributed by atoms with van der Waals surface area (Å²) in [4.78, 5) is 0. The second kappa shape index (κ2) is 4.93. The Morgan fingerprint density at radius 2 is 1.67 bits per heavy atom. The van der Waals surface area contributed by atoms with Crippen molar-refractivity contribution in [3.05, 3.63) is 29.8 Å². The summed E-state index contributed by atoms with van der Waals surface area (Å²) >= 11 is 0. The molecule has 0 heterocycles. The van der Waals surface area contributed by atoms with Crippen LogP contribution in [0.3, 0.4) is 0 Å². The predicted octanol–water partition coefficient (Wildman–Crippen LogP) is 3.66. The fraction of sp³-hybridized carbons (Fsp3) is 0.625. The van der Waals surface area contributed by atoms with Gasteiger partial charge in [0.2, 0.25) is 0 Å². The number of phenolic OH excluding ortho intramolecular Hbond substituents is 1. The van der Waals surface area contributed by atoms with Crippen LogP contribution in [0.5, 0.6) is 5.75 Å². The maximum absolute atomic E-state index is 10.7. The lowest BCUT2D eigenvalue weighted by molar-refractivity contribution is 0.0226. The molecule has 0 bridgehead atoms. The third kappa shape index (κ3) is 3.49. The van der Waals surface area contributed by atoms with Gasteiger partial charge in [0.05, 0.1) is 5.60 Å². The molecule has 2 nitrogen and oxygen atoms in total. The lowest BCUT2D eigenvalue weighted by Crippen LogP contribution is -2.31. The number of aromatic hydroxyl groups is 1. The zero-order chi connectivity index (χ0) is 13.2. The van der Waals surface area contributed by atoms with Gasteiger partial charge < -0.3 is 10.2 Å². The molecule has 1 unspecified atom stereocenters. The summed E-state index contributed by atoms with van der Waals surface area (Å²) in [6, 6.07) is 7.20. The van der Waals surface area contributed by atoms with E-state index in [1.165, 1.54) is 6.42 Å². The van der Waals surface area contributed by atoms with Crippen LogP contribution in [0.2, 0.25) is 0 Å². The van der Waals surface area contributed by atoms with E-state index < -0.39 is 5.60 Å². The van der Waals surface area contributed by atoms with E-state index in [4.69, 9.17) is 0 Å². The number of rotatable bonds is 2. The quantitative estimate of drug-likeness (QED) is 0.784. The molecule has 0 amide bonds. The molecule has 1 aromatic rings. The fourth-order valence-electron chi connectivity index (χ4n) is 2.89. The molecule has 0 spiro atoms. The van der Waals surface area contributed by atoms with Gasteiger partial charge in [-0.15, -0.1) is 0 Å². The van der Waals surface area contributed by atoms with Crippen LogP contribution < -0.4 is 0 Å². The molecule has 0 aromatic heterocycles. The topological polar surface area (TPSA) is 40.5 Å². The molecule has 1 aliphatic rings. The molecule has 1 fully saturated rings. The first kappa shape index (κ1) is 13.4. The predicted molar refractivity (Wildman–Crippen MR) is 73.6 cm³/mol. The molecule has 1 atom stereocenters. The standard InChI is InChI=1S/C16H24O2/c1-15(2)8-3-9-16(18,11-10-15)12-13-4-6-14(17)7-5-13/h4-7,17-18H,3,8-12H2,1-2H3. The zero-order valence-corrected chi connectivity index (χ0v) is 11.4. The molecular formula is C16H24O2. The summed E-state index contributed by atoms with van der Waals surface area (Å²) in [6.07, 6.45) is 5.84. The van der Waals surface area contributed by atoms with Crippen molar-refractivity contribution in [2.45, 2.75) is 58.0 Å². The highest BCUT2D eigenvalue weighted by Gasteiger charge is 2.33. The van der Waals surface area contributed by atoms with Crippen LogP contribution in [-0.2, 0) is 6.42 Å². The Kier molecular flexibility index (Phi) is 3.67. The van der Waals surface area contributed by atoms with Crippen LogP contribution >= 0.6 is 0 Å². The Morgan fingerprint density at radius 3 is 2.33 bits per heavy atom. The highest BCUT2D eigenvalue weighted by atomic mass is 16.3. The molecular weight excluding hydrogens is 224 g/mol. The van der Waals surface area contributed by atoms with E-state index in [-0.39, 0.29) is 5.75 Å². The Balaban J connectivity index is 2.05. The van der Waals surface area contributed by atoms with Crippen LogP contribution in [0.4, 0.5) is 0 Å². The first-order valence-corrected chi connectivity index (χ1v) is 6.89. The Bertz CT molecular complexity index is 394. The lowest BCUT2D eigenvalue weighted by atomic mass is 9.83. The Hall–Kier alpha value is -1.02. The molecule has 18 heavy (non-hydrogen) atoms. The molecule has 2 rings (SSSR count). The maximum atomic E-state index is 10.7. The number of phenols is 1. The normalized spacial score (nSPS) is 27.7. The van der Waals surface area contributed by atoms with Crippen molar-refractivity contribution in [1.82, 2.24) is 0 Å². The second-order valence-corrected chi connectivity index (χ2v) is 6.59. The molecule has 2 heteroatoms. The van der Waals surface area contributed by atoms with Crippen LogP contribution in [0.1, 0.15) is 51.5 Å². The van der Waals surface area contributed by atoms with Gasteiger partial charge >= 0.3 is 0 Å². The van der Waals surface area contributed by atoms with Gasteiger partial charge in [-0.3, -0.25) is 0 Å². The fourth-order valence-corrected chi connectivity index (χ4v) is 2.89. The van der Waals surface area contributed by atoms with Crippen molar-refractivity contribution in [3.63, 3.8) is 0 Å². The minimum atomic E-state index is -0.565. The van der Waals surface area contributed by atoms with Gasteiger partial charge in [0, 0.05) is 6.42 Å². The number of hydrogen-bond donors (Lipinski definition) is 2. The largest absolute Gasteiger partial charge is 0.508 e. The number of benzene rings is 1. The monoisotopic (exact) mass is 248 g/mol. The summed E-state index contributed by atoms with van der Waals surface area (Å²) < 4.78 is 0. The van der Waals surface area contributed by atoms with E-state index in [2.05, 4.69) is 13.8 Å². The summed E-state index contributed by atoms with van der Waals surface area (Å²) in [5.41, 5.74) is 0.902. The van der Waals surface area contributed by atoms with E-state index in [0.29, 0.717) is 11.8 Å². The first-order valence-electron chi connectivity index (χ1n) is 6.89. The minimum Gasteiger partial charge on any atom is -0.508 e. The summed E-state index contributed by atoms with van der Waals surface area (Å²) in [5, 5.41) is 20.0. The molecule has 0 radical (unpaired) electrons. The molecule has 100 valence electrons. The van der Waals surface area contributed by atoms with E-state index >= 15 is 0 Å². The van der Waals surface area contributed by atoms with Crippen molar-refractivity contribution < 1.29 is 10.2 Å². The van der Waals surface area contributed by atoms with E-state index in [0.717, 1.165) is 31.2 Å². The first-order chi connectivity index (χ1) is 8.39. The summed E-state index contributed by atoms with van der Waals surface area (Å²) in [6.45, 7) is 4.58. The van der Waals surface area contributed by atoms with Gasteiger partial charge in [-0.05, 0) is 48.8 Å². The Labute approximate surface area is 110 Å². The van der Waals surface area contributed by atoms with Crippen LogP contribution in [0, 0.1) is 5.41 Å². The van der Waals surface area contributed by atoms with Gasteiger partial charge in [-0.2, -0.15) is 0 Å². The van der Waals surface area contributed by atoms with Crippen LogP contribution in [0.25, 0.3) is 0 Å². The van der Waals surface area contributed by atoms with Gasteiger partial charge in [-0.25, -0.2) is 0 Å². The number of aliphatic hydroxyl groups is 1. The maximum Gasteiger partial charge on any atom is 0.115 e. The van der Waals surface area contributed by atoms with Gasteiger partial charge in [0.15, 0.2) is 0 Å². The van der Waals surface area contributed by atoms with Gasteiger partial charge in [0.1, 0.15) is 5.75 Å². The minimum absolute atomic E-state index is 0.285. The highest BCUT2D eigenvalue weighted by Crippen LogP contribution is 2.39. The molecule has 0 aliphatic heterocycles. The Morgan fingerprint density at radius 1 is 1.00 bits per heavy atom. The molecule has 1 aromatic carbocycles. The lowest BCUT2D eigenvalue weighted by Gasteiger charge is -2.28. The molecule has 2 N–H and O–H groups in total. The smallest absolute Gasteiger partial charge is 0.115 e. The average Bonchev–Trinajstić information content (AvgIpc) is 2.42. The zero-order valence-electron chi connectivity index (χ0n) is 11.4. The van der Waals surface area contributed by atoms with Crippen LogP contribution in [0.15, 0.2) is 24.3 Å². The van der Waals surface area contributed by atoms with Crippen molar-refractivity contribution in [3.8, 4) is 5.75 Å². The van der Waals surface area contributed by atoms with Crippen LogP contribution in [-0.4, -0.2) is 15.8 Å². The SMILES string of the molecule is CC1(C)CCCC(O)(Cc2ccc(O)cc2)CC1. The van der Waals surface area contributed by atoms with E-state index in [9.17, 15) is 10.2 Å². The number of hydrogen-bond acceptors (Lipinski definition) is 2.